The average Bonchev–Trinajstić information content (AvgIpc) is 2.33. The van der Waals surface area contributed by atoms with E-state index >= 15 is 0 Å². The number of rotatable bonds is 7. The number of likely N-dealkylation sites (N-methyl/N-ethyl adjacent to an activating group) is 1. The minimum atomic E-state index is -0.382. The molecule has 1 unspecified atom stereocenters. The number of hydrogen-bond donors (Lipinski definition) is 4. The van der Waals surface area contributed by atoms with Gasteiger partial charge in [-0.15, -0.1) is 0 Å². The lowest BCUT2D eigenvalue weighted by atomic mass is 10.3. The van der Waals surface area contributed by atoms with E-state index in [-0.39, 0.29) is 11.9 Å². The number of aliphatic imine (C=N–C) groups is 1. The van der Waals surface area contributed by atoms with Crippen molar-refractivity contribution in [2.75, 3.05) is 26.8 Å². The molecule has 0 bridgehead atoms. The molecular weight excluding hydrogens is 222 g/mol. The molecule has 0 saturated heterocycles. The van der Waals surface area contributed by atoms with Gasteiger partial charge < -0.3 is 15.4 Å². The Hall–Kier alpha value is -1.34. The number of nitrogens with zero attached hydrogens (tertiary/aromatic N) is 1. The van der Waals surface area contributed by atoms with E-state index < -0.39 is 0 Å². The number of carbonyl (C=O) groups is 1. The minimum Gasteiger partial charge on any atom is -0.385 e. The molecule has 1 atom stereocenters. The standard InChI is InChI=1S/C10H23N5O2/c1-4-12-9(16)8(2)14-10(15-11)13-6-5-7-17-3/h8H,4-7,11H2,1-3H3,(H,12,16)(H2,13,14,15). The highest BCUT2D eigenvalue weighted by Gasteiger charge is 2.12. The highest BCUT2D eigenvalue weighted by atomic mass is 16.5. The number of nitrogens with two attached hydrogens (primary N) is 1. The van der Waals surface area contributed by atoms with Crippen LogP contribution in [0.5, 0.6) is 0 Å². The molecule has 0 saturated carbocycles. The Balaban J connectivity index is 4.05. The molecule has 0 radical (unpaired) electrons. The largest absolute Gasteiger partial charge is 0.385 e. The number of hydrogen-bond acceptors (Lipinski definition) is 4. The molecule has 0 spiro atoms. The third-order valence-corrected chi connectivity index (χ3v) is 2.01. The summed E-state index contributed by atoms with van der Waals surface area (Å²) in [5, 5.41) is 5.60. The maximum atomic E-state index is 11.5. The molecule has 0 aromatic carbocycles. The first-order valence-electron chi connectivity index (χ1n) is 5.69. The van der Waals surface area contributed by atoms with Crippen LogP contribution in [0.4, 0.5) is 0 Å². The smallest absolute Gasteiger partial charge is 0.242 e. The molecule has 5 N–H and O–H groups in total. The lowest BCUT2D eigenvalue weighted by molar-refractivity contribution is -0.122. The maximum Gasteiger partial charge on any atom is 0.242 e. The Bertz CT molecular complexity index is 245. The fourth-order valence-corrected chi connectivity index (χ4v) is 1.13. The second kappa shape index (κ2) is 9.86. The van der Waals surface area contributed by atoms with Gasteiger partial charge in [0.1, 0.15) is 6.04 Å². The number of guanidine groups is 1. The van der Waals surface area contributed by atoms with Crippen molar-refractivity contribution in [2.45, 2.75) is 26.3 Å². The summed E-state index contributed by atoms with van der Waals surface area (Å²) in [7, 11) is 1.64. The summed E-state index contributed by atoms with van der Waals surface area (Å²) in [5.74, 6) is 5.62. The zero-order valence-corrected chi connectivity index (χ0v) is 10.7. The Morgan fingerprint density at radius 3 is 2.76 bits per heavy atom. The molecule has 0 heterocycles. The summed E-state index contributed by atoms with van der Waals surface area (Å²) in [4.78, 5) is 15.6. The lowest BCUT2D eigenvalue weighted by Crippen LogP contribution is -2.51. The van der Waals surface area contributed by atoms with Gasteiger partial charge in [-0.05, 0) is 20.3 Å². The molecule has 0 rings (SSSR count). The quantitative estimate of drug-likeness (QED) is 0.151. The minimum absolute atomic E-state index is 0.0904. The molecule has 100 valence electrons. The van der Waals surface area contributed by atoms with Crippen LogP contribution in [0.2, 0.25) is 0 Å². The van der Waals surface area contributed by atoms with Crippen molar-refractivity contribution in [1.82, 2.24) is 16.1 Å². The van der Waals surface area contributed by atoms with Crippen molar-refractivity contribution in [3.63, 3.8) is 0 Å². The van der Waals surface area contributed by atoms with Crippen LogP contribution in [0.25, 0.3) is 0 Å². The molecule has 0 aliphatic carbocycles. The van der Waals surface area contributed by atoms with Gasteiger partial charge in [0, 0.05) is 26.8 Å². The van der Waals surface area contributed by atoms with Crippen molar-refractivity contribution in [2.24, 2.45) is 10.8 Å². The monoisotopic (exact) mass is 245 g/mol. The van der Waals surface area contributed by atoms with Gasteiger partial charge in [-0.1, -0.05) is 0 Å². The Morgan fingerprint density at radius 2 is 2.24 bits per heavy atom. The Labute approximate surface area is 102 Å². The zero-order valence-electron chi connectivity index (χ0n) is 10.7. The summed E-state index contributed by atoms with van der Waals surface area (Å²) >= 11 is 0. The molecule has 7 heteroatoms. The topological polar surface area (TPSA) is 101 Å². The molecule has 0 aromatic rings. The van der Waals surface area contributed by atoms with Gasteiger partial charge in [0.2, 0.25) is 11.9 Å². The molecule has 0 aliphatic rings. The van der Waals surface area contributed by atoms with Gasteiger partial charge in [0.05, 0.1) is 0 Å². The van der Waals surface area contributed by atoms with E-state index in [1.54, 1.807) is 14.0 Å². The van der Waals surface area contributed by atoms with Crippen molar-refractivity contribution in [1.29, 1.82) is 0 Å². The number of amides is 1. The summed E-state index contributed by atoms with van der Waals surface area (Å²) in [6.45, 7) is 5.44. The lowest BCUT2D eigenvalue weighted by Gasteiger charge is -2.15. The van der Waals surface area contributed by atoms with E-state index in [0.717, 1.165) is 6.42 Å². The van der Waals surface area contributed by atoms with Crippen LogP contribution in [0.1, 0.15) is 20.3 Å². The molecular formula is C10H23N5O2. The first-order valence-corrected chi connectivity index (χ1v) is 5.69. The predicted octanol–water partition coefficient (Wildman–Crippen LogP) is -1.04. The predicted molar refractivity (Wildman–Crippen MR) is 67.4 cm³/mol. The van der Waals surface area contributed by atoms with Crippen LogP contribution in [-0.2, 0) is 9.53 Å². The van der Waals surface area contributed by atoms with Gasteiger partial charge in [-0.25, -0.2) is 5.84 Å². The van der Waals surface area contributed by atoms with Crippen LogP contribution < -0.4 is 21.9 Å². The fraction of sp³-hybridized carbons (Fsp3) is 0.800. The van der Waals surface area contributed by atoms with E-state index in [9.17, 15) is 4.79 Å². The van der Waals surface area contributed by atoms with Gasteiger partial charge in [0.25, 0.3) is 0 Å². The van der Waals surface area contributed by atoms with E-state index in [4.69, 9.17) is 10.6 Å². The molecule has 1 amide bonds. The summed E-state index contributed by atoms with van der Waals surface area (Å²) in [6, 6.07) is -0.382. The van der Waals surface area contributed by atoms with E-state index in [0.29, 0.717) is 25.7 Å². The summed E-state index contributed by atoms with van der Waals surface area (Å²) in [6.07, 6.45) is 0.804. The number of methoxy groups -OCH3 is 1. The third-order valence-electron chi connectivity index (χ3n) is 2.01. The van der Waals surface area contributed by atoms with E-state index in [2.05, 4.69) is 21.1 Å². The van der Waals surface area contributed by atoms with Crippen LogP contribution in [0.15, 0.2) is 4.99 Å². The first-order chi connectivity index (χ1) is 8.15. The third kappa shape index (κ3) is 7.53. The van der Waals surface area contributed by atoms with Gasteiger partial charge in [-0.2, -0.15) is 0 Å². The van der Waals surface area contributed by atoms with E-state index in [1.807, 2.05) is 6.92 Å². The number of ether oxygens (including phenoxy) is 1. The molecule has 0 fully saturated rings. The van der Waals surface area contributed by atoms with Crippen LogP contribution in [-0.4, -0.2) is 44.7 Å². The maximum absolute atomic E-state index is 11.5. The number of carbonyl (C=O) groups excluding carboxylic acids is 1. The van der Waals surface area contributed by atoms with Gasteiger partial charge in [0.15, 0.2) is 0 Å². The van der Waals surface area contributed by atoms with Crippen molar-refractivity contribution in [3.05, 3.63) is 0 Å². The van der Waals surface area contributed by atoms with Crippen LogP contribution >= 0.6 is 0 Å². The highest BCUT2D eigenvalue weighted by Crippen LogP contribution is 1.85. The average molecular weight is 245 g/mol. The van der Waals surface area contributed by atoms with Crippen molar-refractivity contribution >= 4 is 11.9 Å². The molecule has 0 aliphatic heterocycles. The Kier molecular flexibility index (Phi) is 9.08. The van der Waals surface area contributed by atoms with Crippen LogP contribution in [0, 0.1) is 0 Å². The zero-order chi connectivity index (χ0) is 13.1. The second-order valence-corrected chi connectivity index (χ2v) is 3.48. The van der Waals surface area contributed by atoms with Crippen molar-refractivity contribution < 1.29 is 9.53 Å². The number of nitrogens with one attached hydrogen (secondary N) is 3. The van der Waals surface area contributed by atoms with Gasteiger partial charge in [-0.3, -0.25) is 15.2 Å². The van der Waals surface area contributed by atoms with Crippen LogP contribution in [0.3, 0.4) is 0 Å². The Morgan fingerprint density at radius 1 is 1.53 bits per heavy atom. The molecule has 7 nitrogen and oxygen atoms in total. The second-order valence-electron chi connectivity index (χ2n) is 3.48. The van der Waals surface area contributed by atoms with E-state index in [1.165, 1.54) is 0 Å². The summed E-state index contributed by atoms with van der Waals surface area (Å²) in [5.41, 5.74) is 2.42. The normalized spacial score (nSPS) is 13.1. The van der Waals surface area contributed by atoms with Gasteiger partial charge >= 0.3 is 0 Å². The van der Waals surface area contributed by atoms with Crippen molar-refractivity contribution in [3.8, 4) is 0 Å². The fourth-order valence-electron chi connectivity index (χ4n) is 1.13. The highest BCUT2D eigenvalue weighted by molar-refractivity contribution is 5.88. The molecule has 0 aromatic heterocycles. The number of hydrazine groups is 1. The summed E-state index contributed by atoms with van der Waals surface area (Å²) < 4.78 is 4.90. The molecule has 17 heavy (non-hydrogen) atoms. The first kappa shape index (κ1) is 15.7. The SMILES string of the molecule is CCNC(=O)C(C)NC(=NCCCOC)NN.